The van der Waals surface area contributed by atoms with Crippen LogP contribution in [0.2, 0.25) is 0 Å². The molecule has 122 valence electrons. The third kappa shape index (κ3) is 4.48. The minimum Gasteiger partial charge on any atom is -0.465 e. The summed E-state index contributed by atoms with van der Waals surface area (Å²) in [5, 5.41) is 12.3. The van der Waals surface area contributed by atoms with E-state index in [9.17, 15) is 14.7 Å². The Morgan fingerprint density at radius 3 is 2.14 bits per heavy atom. The fourth-order valence-corrected chi connectivity index (χ4v) is 2.06. The Bertz CT molecular complexity index is 559. The van der Waals surface area contributed by atoms with Gasteiger partial charge in [0.15, 0.2) is 0 Å². The lowest BCUT2D eigenvalue weighted by Crippen LogP contribution is -2.52. The highest BCUT2D eigenvalue weighted by molar-refractivity contribution is 5.95. The first kappa shape index (κ1) is 18.0. The SMILES string of the molecule is Cc1ccccc1NC(=O)C(C)(C)CN(C(=O)O)C(C)(C)C. The highest BCUT2D eigenvalue weighted by Gasteiger charge is 2.36. The topological polar surface area (TPSA) is 69.6 Å². The second kappa shape index (κ2) is 6.38. The third-order valence-electron chi connectivity index (χ3n) is 3.60. The maximum absolute atomic E-state index is 12.5. The van der Waals surface area contributed by atoms with E-state index in [4.69, 9.17) is 0 Å². The maximum Gasteiger partial charge on any atom is 0.407 e. The molecule has 0 aromatic heterocycles. The molecule has 2 N–H and O–H groups in total. The summed E-state index contributed by atoms with van der Waals surface area (Å²) < 4.78 is 0. The van der Waals surface area contributed by atoms with Crippen LogP contribution < -0.4 is 5.32 Å². The van der Waals surface area contributed by atoms with Gasteiger partial charge in [-0.05, 0) is 53.2 Å². The summed E-state index contributed by atoms with van der Waals surface area (Å²) in [6, 6.07) is 7.51. The summed E-state index contributed by atoms with van der Waals surface area (Å²) in [5.74, 6) is -0.197. The standard InChI is InChI=1S/C17H26N2O3/c1-12-9-7-8-10-13(12)18-14(20)17(5,6)11-19(15(21)22)16(2,3)4/h7-10H,11H2,1-6H3,(H,18,20)(H,21,22). The first-order chi connectivity index (χ1) is 9.95. The van der Waals surface area contributed by atoms with Crippen molar-refractivity contribution in [2.75, 3.05) is 11.9 Å². The quantitative estimate of drug-likeness (QED) is 0.890. The molecule has 0 saturated heterocycles. The number of carboxylic acid groups (broad SMARTS) is 1. The van der Waals surface area contributed by atoms with Crippen molar-refractivity contribution in [3.63, 3.8) is 0 Å². The van der Waals surface area contributed by atoms with E-state index in [1.165, 1.54) is 4.90 Å². The van der Waals surface area contributed by atoms with Crippen molar-refractivity contribution in [2.45, 2.75) is 47.1 Å². The van der Waals surface area contributed by atoms with Gasteiger partial charge in [-0.2, -0.15) is 0 Å². The lowest BCUT2D eigenvalue weighted by atomic mass is 9.89. The molecule has 0 fully saturated rings. The number of nitrogens with one attached hydrogen (secondary N) is 1. The Kier molecular flexibility index (Phi) is 5.22. The van der Waals surface area contributed by atoms with Gasteiger partial charge in [0.05, 0.1) is 5.41 Å². The van der Waals surface area contributed by atoms with Gasteiger partial charge in [0, 0.05) is 17.8 Å². The number of amides is 2. The number of aryl methyl sites for hydroxylation is 1. The zero-order valence-electron chi connectivity index (χ0n) is 14.2. The van der Waals surface area contributed by atoms with Gasteiger partial charge in [-0.25, -0.2) is 4.79 Å². The monoisotopic (exact) mass is 306 g/mol. The lowest BCUT2D eigenvalue weighted by molar-refractivity contribution is -0.125. The molecule has 22 heavy (non-hydrogen) atoms. The van der Waals surface area contributed by atoms with Crippen molar-refractivity contribution >= 4 is 17.7 Å². The minimum absolute atomic E-state index is 0.129. The number of carbonyl (C=O) groups is 2. The molecule has 0 spiro atoms. The molecular formula is C17H26N2O3. The van der Waals surface area contributed by atoms with Gasteiger partial charge in [-0.1, -0.05) is 18.2 Å². The van der Waals surface area contributed by atoms with Gasteiger partial charge >= 0.3 is 6.09 Å². The Balaban J connectivity index is 2.91. The molecule has 2 amide bonds. The number of carbonyl (C=O) groups excluding carboxylic acids is 1. The molecule has 0 bridgehead atoms. The van der Waals surface area contributed by atoms with E-state index >= 15 is 0 Å². The van der Waals surface area contributed by atoms with E-state index in [1.807, 2.05) is 52.0 Å². The van der Waals surface area contributed by atoms with Crippen molar-refractivity contribution in [2.24, 2.45) is 5.41 Å². The molecule has 1 rings (SSSR count). The van der Waals surface area contributed by atoms with Crippen molar-refractivity contribution in [3.05, 3.63) is 29.8 Å². The first-order valence-corrected chi connectivity index (χ1v) is 7.33. The Hall–Kier alpha value is -2.04. The summed E-state index contributed by atoms with van der Waals surface area (Å²) in [6.45, 7) is 11.0. The second-order valence-corrected chi connectivity index (χ2v) is 7.19. The van der Waals surface area contributed by atoms with Crippen LogP contribution in [0.4, 0.5) is 10.5 Å². The van der Waals surface area contributed by atoms with Gasteiger partial charge in [0.1, 0.15) is 0 Å². The molecule has 0 radical (unpaired) electrons. The average molecular weight is 306 g/mol. The van der Waals surface area contributed by atoms with Gasteiger partial charge < -0.3 is 15.3 Å². The van der Waals surface area contributed by atoms with Crippen LogP contribution in [0.5, 0.6) is 0 Å². The van der Waals surface area contributed by atoms with Crippen LogP contribution in [-0.2, 0) is 4.79 Å². The molecule has 0 atom stereocenters. The summed E-state index contributed by atoms with van der Waals surface area (Å²) in [7, 11) is 0. The normalized spacial score (nSPS) is 11.9. The van der Waals surface area contributed by atoms with Gasteiger partial charge in [-0.15, -0.1) is 0 Å². The Labute approximate surface area is 132 Å². The Morgan fingerprint density at radius 1 is 1.14 bits per heavy atom. The summed E-state index contributed by atoms with van der Waals surface area (Å²) in [4.78, 5) is 25.3. The summed E-state index contributed by atoms with van der Waals surface area (Å²) in [6.07, 6.45) is -1.02. The maximum atomic E-state index is 12.5. The van der Waals surface area contributed by atoms with Crippen LogP contribution in [0.25, 0.3) is 0 Å². The van der Waals surface area contributed by atoms with Crippen LogP contribution in [0.3, 0.4) is 0 Å². The number of anilines is 1. The molecular weight excluding hydrogens is 280 g/mol. The smallest absolute Gasteiger partial charge is 0.407 e. The number of hydrogen-bond donors (Lipinski definition) is 2. The zero-order chi connectivity index (χ0) is 17.1. The summed E-state index contributed by atoms with van der Waals surface area (Å²) >= 11 is 0. The third-order valence-corrected chi connectivity index (χ3v) is 3.60. The fraction of sp³-hybridized carbons (Fsp3) is 0.529. The van der Waals surface area contributed by atoms with Crippen LogP contribution in [0.15, 0.2) is 24.3 Å². The van der Waals surface area contributed by atoms with Crippen molar-refractivity contribution in [3.8, 4) is 0 Å². The fourth-order valence-electron chi connectivity index (χ4n) is 2.06. The molecule has 1 aromatic rings. The molecule has 0 aliphatic rings. The lowest BCUT2D eigenvalue weighted by Gasteiger charge is -2.38. The predicted octanol–water partition coefficient (Wildman–Crippen LogP) is 3.74. The van der Waals surface area contributed by atoms with Gasteiger partial charge in [0.25, 0.3) is 0 Å². The molecule has 0 heterocycles. The van der Waals surface area contributed by atoms with E-state index < -0.39 is 17.0 Å². The number of nitrogens with zero attached hydrogens (tertiary/aromatic N) is 1. The molecule has 0 aliphatic heterocycles. The van der Waals surface area contributed by atoms with E-state index in [-0.39, 0.29) is 12.5 Å². The first-order valence-electron chi connectivity index (χ1n) is 7.33. The number of hydrogen-bond acceptors (Lipinski definition) is 2. The minimum atomic E-state index is -1.02. The Morgan fingerprint density at radius 2 is 1.68 bits per heavy atom. The average Bonchev–Trinajstić information content (AvgIpc) is 2.37. The van der Waals surface area contributed by atoms with Crippen LogP contribution in [-0.4, -0.2) is 34.1 Å². The number of para-hydroxylation sites is 1. The van der Waals surface area contributed by atoms with E-state index in [0.29, 0.717) is 0 Å². The number of rotatable bonds is 4. The molecule has 0 aliphatic carbocycles. The predicted molar refractivity (Wildman–Crippen MR) is 88.1 cm³/mol. The van der Waals surface area contributed by atoms with Crippen molar-refractivity contribution in [1.29, 1.82) is 0 Å². The van der Waals surface area contributed by atoms with E-state index in [2.05, 4.69) is 5.32 Å². The largest absolute Gasteiger partial charge is 0.465 e. The van der Waals surface area contributed by atoms with Crippen LogP contribution in [0, 0.1) is 12.3 Å². The second-order valence-electron chi connectivity index (χ2n) is 7.19. The van der Waals surface area contributed by atoms with Crippen molar-refractivity contribution < 1.29 is 14.7 Å². The van der Waals surface area contributed by atoms with E-state index in [0.717, 1.165) is 11.3 Å². The molecule has 5 nitrogen and oxygen atoms in total. The van der Waals surface area contributed by atoms with E-state index in [1.54, 1.807) is 13.8 Å². The van der Waals surface area contributed by atoms with Gasteiger partial charge in [-0.3, -0.25) is 4.79 Å². The zero-order valence-corrected chi connectivity index (χ0v) is 14.2. The molecule has 0 saturated carbocycles. The number of benzene rings is 1. The van der Waals surface area contributed by atoms with Gasteiger partial charge in [0.2, 0.25) is 5.91 Å². The highest BCUT2D eigenvalue weighted by atomic mass is 16.4. The summed E-state index contributed by atoms with van der Waals surface area (Å²) in [5.41, 5.74) is 0.316. The van der Waals surface area contributed by atoms with Crippen LogP contribution in [0.1, 0.15) is 40.2 Å². The van der Waals surface area contributed by atoms with Crippen molar-refractivity contribution in [1.82, 2.24) is 4.90 Å². The molecule has 1 aromatic carbocycles. The molecule has 5 heteroatoms. The van der Waals surface area contributed by atoms with Crippen LogP contribution >= 0.6 is 0 Å². The molecule has 0 unspecified atom stereocenters. The highest BCUT2D eigenvalue weighted by Crippen LogP contribution is 2.25.